The van der Waals surface area contributed by atoms with Crippen molar-refractivity contribution in [3.8, 4) is 12.3 Å². The monoisotopic (exact) mass is 148 g/mol. The lowest BCUT2D eigenvalue weighted by Crippen LogP contribution is -1.87. The molecule has 1 rings (SSSR count). The zero-order chi connectivity index (χ0) is 8.43. The van der Waals surface area contributed by atoms with Gasteiger partial charge < -0.3 is 4.42 Å². The molecule has 0 fully saturated rings. The van der Waals surface area contributed by atoms with E-state index >= 15 is 0 Å². The van der Waals surface area contributed by atoms with Gasteiger partial charge >= 0.3 is 0 Å². The molecule has 58 valence electrons. The lowest BCUT2D eigenvalue weighted by atomic mass is 10.0. The molecule has 0 N–H and O–H groups in total. The van der Waals surface area contributed by atoms with E-state index in [1.54, 1.807) is 0 Å². The summed E-state index contributed by atoms with van der Waals surface area (Å²) in [5, 5.41) is 0. The van der Waals surface area contributed by atoms with Gasteiger partial charge in [0.15, 0.2) is 0 Å². The van der Waals surface area contributed by atoms with Crippen LogP contribution in [-0.4, -0.2) is 0 Å². The van der Waals surface area contributed by atoms with Crippen LogP contribution in [0.3, 0.4) is 0 Å². The molecular weight excluding hydrogens is 136 g/mol. The van der Waals surface area contributed by atoms with Crippen molar-refractivity contribution in [2.45, 2.75) is 26.7 Å². The van der Waals surface area contributed by atoms with Crippen molar-refractivity contribution in [1.29, 1.82) is 0 Å². The van der Waals surface area contributed by atoms with Gasteiger partial charge in [0.05, 0.1) is 0 Å². The summed E-state index contributed by atoms with van der Waals surface area (Å²) in [6.45, 7) is 5.87. The zero-order valence-electron chi connectivity index (χ0n) is 7.14. The van der Waals surface area contributed by atoms with E-state index in [9.17, 15) is 0 Å². The van der Waals surface area contributed by atoms with Gasteiger partial charge in [-0.3, -0.25) is 0 Å². The van der Waals surface area contributed by atoms with Crippen LogP contribution < -0.4 is 0 Å². The van der Waals surface area contributed by atoms with Crippen molar-refractivity contribution in [2.75, 3.05) is 0 Å². The average molecular weight is 148 g/mol. The SMILES string of the molecule is C#CC(C)c1cc(C)oc1C. The quantitative estimate of drug-likeness (QED) is 0.558. The Morgan fingerprint density at radius 2 is 2.18 bits per heavy atom. The van der Waals surface area contributed by atoms with Crippen LogP contribution in [0.1, 0.15) is 29.9 Å². The molecule has 0 spiro atoms. The van der Waals surface area contributed by atoms with Crippen LogP contribution in [0.2, 0.25) is 0 Å². The highest BCUT2D eigenvalue weighted by Crippen LogP contribution is 2.21. The molecule has 1 aromatic heterocycles. The summed E-state index contributed by atoms with van der Waals surface area (Å²) in [5.74, 6) is 4.70. The standard InChI is InChI=1S/C10H12O/c1-5-7(2)10-6-8(3)11-9(10)4/h1,6-7H,2-4H3. The summed E-state index contributed by atoms with van der Waals surface area (Å²) in [4.78, 5) is 0. The zero-order valence-corrected chi connectivity index (χ0v) is 7.14. The second-order valence-electron chi connectivity index (χ2n) is 2.76. The van der Waals surface area contributed by atoms with Crippen molar-refractivity contribution in [3.05, 3.63) is 23.2 Å². The second-order valence-corrected chi connectivity index (χ2v) is 2.76. The summed E-state index contributed by atoms with van der Waals surface area (Å²) >= 11 is 0. The highest BCUT2D eigenvalue weighted by Gasteiger charge is 2.09. The van der Waals surface area contributed by atoms with Gasteiger partial charge in [0, 0.05) is 11.5 Å². The van der Waals surface area contributed by atoms with Crippen LogP contribution >= 0.6 is 0 Å². The van der Waals surface area contributed by atoms with E-state index in [-0.39, 0.29) is 5.92 Å². The Hall–Kier alpha value is -1.16. The molecule has 0 aliphatic rings. The van der Waals surface area contributed by atoms with E-state index in [1.807, 2.05) is 26.8 Å². The molecule has 1 unspecified atom stereocenters. The third-order valence-corrected chi connectivity index (χ3v) is 1.80. The van der Waals surface area contributed by atoms with E-state index < -0.39 is 0 Å². The van der Waals surface area contributed by atoms with Crippen LogP contribution in [0.4, 0.5) is 0 Å². The minimum absolute atomic E-state index is 0.160. The Morgan fingerprint density at radius 1 is 1.55 bits per heavy atom. The summed E-state index contributed by atoms with van der Waals surface area (Å²) in [5.41, 5.74) is 1.13. The summed E-state index contributed by atoms with van der Waals surface area (Å²) in [6, 6.07) is 2.00. The predicted molar refractivity (Wildman–Crippen MR) is 45.4 cm³/mol. The summed E-state index contributed by atoms with van der Waals surface area (Å²) in [7, 11) is 0. The fraction of sp³-hybridized carbons (Fsp3) is 0.400. The molecule has 0 aliphatic carbocycles. The Bertz CT molecular complexity index is 288. The number of furan rings is 1. The van der Waals surface area contributed by atoms with Gasteiger partial charge in [-0.15, -0.1) is 6.42 Å². The van der Waals surface area contributed by atoms with Crippen molar-refractivity contribution in [2.24, 2.45) is 0 Å². The molecule has 11 heavy (non-hydrogen) atoms. The van der Waals surface area contributed by atoms with Crippen LogP contribution in [0, 0.1) is 26.2 Å². The van der Waals surface area contributed by atoms with Crippen molar-refractivity contribution >= 4 is 0 Å². The molecule has 1 aromatic rings. The number of hydrogen-bond donors (Lipinski definition) is 0. The molecule has 0 aliphatic heterocycles. The van der Waals surface area contributed by atoms with Gasteiger partial charge in [0.1, 0.15) is 11.5 Å². The van der Waals surface area contributed by atoms with E-state index in [1.165, 1.54) is 0 Å². The molecule has 1 nitrogen and oxygen atoms in total. The molecular formula is C10H12O. The third kappa shape index (κ3) is 1.46. The maximum absolute atomic E-state index is 5.34. The fourth-order valence-electron chi connectivity index (χ4n) is 1.17. The number of terminal acetylenes is 1. The smallest absolute Gasteiger partial charge is 0.105 e. The van der Waals surface area contributed by atoms with E-state index in [0.29, 0.717) is 0 Å². The van der Waals surface area contributed by atoms with Crippen molar-refractivity contribution in [3.63, 3.8) is 0 Å². The molecule has 1 atom stereocenters. The largest absolute Gasteiger partial charge is 0.466 e. The lowest BCUT2D eigenvalue weighted by Gasteiger charge is -1.99. The molecule has 0 saturated heterocycles. The molecule has 0 aromatic carbocycles. The Balaban J connectivity index is 3.05. The highest BCUT2D eigenvalue weighted by molar-refractivity contribution is 5.29. The third-order valence-electron chi connectivity index (χ3n) is 1.80. The minimum atomic E-state index is 0.160. The van der Waals surface area contributed by atoms with Crippen LogP contribution in [-0.2, 0) is 0 Å². The second kappa shape index (κ2) is 2.84. The maximum Gasteiger partial charge on any atom is 0.105 e. The number of aryl methyl sites for hydroxylation is 2. The molecule has 0 radical (unpaired) electrons. The average Bonchev–Trinajstić information content (AvgIpc) is 2.28. The normalized spacial score (nSPS) is 12.5. The number of hydrogen-bond acceptors (Lipinski definition) is 1. The first kappa shape index (κ1) is 7.94. The van der Waals surface area contributed by atoms with Gasteiger partial charge in [-0.1, -0.05) is 5.92 Å². The Kier molecular flexibility index (Phi) is 2.05. The Morgan fingerprint density at radius 3 is 2.55 bits per heavy atom. The van der Waals surface area contributed by atoms with Crippen LogP contribution in [0.5, 0.6) is 0 Å². The van der Waals surface area contributed by atoms with Crippen molar-refractivity contribution in [1.82, 2.24) is 0 Å². The van der Waals surface area contributed by atoms with Gasteiger partial charge in [-0.05, 0) is 26.8 Å². The lowest BCUT2D eigenvalue weighted by molar-refractivity contribution is 0.501. The van der Waals surface area contributed by atoms with Gasteiger partial charge in [0.2, 0.25) is 0 Å². The van der Waals surface area contributed by atoms with E-state index in [0.717, 1.165) is 17.1 Å². The van der Waals surface area contributed by atoms with Gasteiger partial charge in [-0.25, -0.2) is 0 Å². The predicted octanol–water partition coefficient (Wildman–Crippen LogP) is 2.63. The number of rotatable bonds is 1. The first-order valence-corrected chi connectivity index (χ1v) is 3.68. The Labute approximate surface area is 67.4 Å². The van der Waals surface area contributed by atoms with Crippen LogP contribution in [0.25, 0.3) is 0 Å². The van der Waals surface area contributed by atoms with Crippen LogP contribution in [0.15, 0.2) is 10.5 Å². The highest BCUT2D eigenvalue weighted by atomic mass is 16.3. The molecule has 1 heteroatoms. The summed E-state index contributed by atoms with van der Waals surface area (Å²) in [6.07, 6.45) is 5.29. The molecule has 0 bridgehead atoms. The topological polar surface area (TPSA) is 13.1 Å². The maximum atomic E-state index is 5.34. The van der Waals surface area contributed by atoms with E-state index in [2.05, 4.69) is 5.92 Å². The molecule has 1 heterocycles. The van der Waals surface area contributed by atoms with Gasteiger partial charge in [-0.2, -0.15) is 0 Å². The summed E-state index contributed by atoms with van der Waals surface area (Å²) < 4.78 is 5.34. The van der Waals surface area contributed by atoms with Crippen molar-refractivity contribution < 1.29 is 4.42 Å². The first-order valence-electron chi connectivity index (χ1n) is 3.68. The molecule has 0 saturated carbocycles. The first-order chi connectivity index (χ1) is 5.15. The van der Waals surface area contributed by atoms with Gasteiger partial charge in [0.25, 0.3) is 0 Å². The van der Waals surface area contributed by atoms with E-state index in [4.69, 9.17) is 10.8 Å². The fourth-order valence-corrected chi connectivity index (χ4v) is 1.17. The minimum Gasteiger partial charge on any atom is -0.466 e. The molecule has 0 amide bonds.